The van der Waals surface area contributed by atoms with E-state index in [0.29, 0.717) is 5.92 Å². The third kappa shape index (κ3) is 4.23. The van der Waals surface area contributed by atoms with Gasteiger partial charge in [-0.25, -0.2) is 0 Å². The first kappa shape index (κ1) is 21.2. The fraction of sp³-hybridized carbons (Fsp3) is 0.769. The molecule has 2 aliphatic carbocycles. The minimum Gasteiger partial charge on any atom is -0.493 e. The molecule has 2 saturated carbocycles. The molecule has 0 amide bonds. The quantitative estimate of drug-likeness (QED) is 0.589. The van der Waals surface area contributed by atoms with Crippen molar-refractivity contribution >= 4 is 0 Å². The van der Waals surface area contributed by atoms with Crippen molar-refractivity contribution < 1.29 is 14.2 Å². The lowest BCUT2D eigenvalue weighted by Gasteiger charge is -2.40. The van der Waals surface area contributed by atoms with Gasteiger partial charge in [-0.3, -0.25) is 0 Å². The molecule has 3 heteroatoms. The minimum absolute atomic E-state index is 0.207. The fourth-order valence-electron chi connectivity index (χ4n) is 6.05. The van der Waals surface area contributed by atoms with Crippen LogP contribution in [-0.4, -0.2) is 25.6 Å². The molecule has 29 heavy (non-hydrogen) atoms. The molecule has 1 saturated heterocycles. The van der Waals surface area contributed by atoms with Crippen molar-refractivity contribution in [1.82, 2.24) is 0 Å². The minimum atomic E-state index is -0.207. The lowest BCUT2D eigenvalue weighted by atomic mass is 9.70. The lowest BCUT2D eigenvalue weighted by molar-refractivity contribution is -0.185. The maximum Gasteiger partial charge on any atom is 0.168 e. The maximum absolute atomic E-state index is 6.43. The first-order valence-corrected chi connectivity index (χ1v) is 11.9. The Morgan fingerprint density at radius 3 is 1.72 bits per heavy atom. The summed E-state index contributed by atoms with van der Waals surface area (Å²) in [6.45, 7) is 13.6. The number of ether oxygens (including phenoxy) is 3. The molecule has 0 bridgehead atoms. The van der Waals surface area contributed by atoms with Gasteiger partial charge in [-0.1, -0.05) is 0 Å². The molecule has 3 aliphatic rings. The molecule has 0 radical (unpaired) electrons. The second kappa shape index (κ2) is 8.59. The van der Waals surface area contributed by atoms with Crippen LogP contribution >= 0.6 is 0 Å². The Morgan fingerprint density at radius 1 is 0.690 bits per heavy atom. The SMILES string of the molecule is Cc1c(C)c(C)c(OCC2CCC(C3CCC4(CC3)OCCO4)CC2)c(C)c1C. The van der Waals surface area contributed by atoms with Crippen LogP contribution in [0.4, 0.5) is 0 Å². The molecular formula is C26H40O3. The average molecular weight is 401 g/mol. The van der Waals surface area contributed by atoms with Gasteiger partial charge in [-0.05, 0) is 119 Å². The van der Waals surface area contributed by atoms with Crippen LogP contribution in [0.3, 0.4) is 0 Å². The smallest absolute Gasteiger partial charge is 0.168 e. The van der Waals surface area contributed by atoms with Crippen molar-refractivity contribution in [2.75, 3.05) is 19.8 Å². The molecule has 0 aromatic heterocycles. The molecule has 0 atom stereocenters. The van der Waals surface area contributed by atoms with Gasteiger partial charge in [-0.2, -0.15) is 0 Å². The molecule has 3 nitrogen and oxygen atoms in total. The van der Waals surface area contributed by atoms with E-state index in [1.54, 1.807) is 0 Å². The Labute approximate surface area is 177 Å². The Kier molecular flexibility index (Phi) is 6.27. The van der Waals surface area contributed by atoms with Crippen molar-refractivity contribution in [2.24, 2.45) is 17.8 Å². The molecule has 1 spiro atoms. The van der Waals surface area contributed by atoms with Crippen LogP contribution in [0.2, 0.25) is 0 Å². The third-order valence-corrected chi connectivity index (χ3v) is 8.56. The van der Waals surface area contributed by atoms with Crippen LogP contribution in [0.5, 0.6) is 5.75 Å². The van der Waals surface area contributed by atoms with Gasteiger partial charge in [0, 0.05) is 12.8 Å². The van der Waals surface area contributed by atoms with E-state index in [0.717, 1.165) is 50.2 Å². The van der Waals surface area contributed by atoms with Crippen LogP contribution in [0.25, 0.3) is 0 Å². The Hall–Kier alpha value is -1.06. The zero-order valence-electron chi connectivity index (χ0n) is 19.2. The summed E-state index contributed by atoms with van der Waals surface area (Å²) in [6, 6.07) is 0. The van der Waals surface area contributed by atoms with Gasteiger partial charge in [-0.15, -0.1) is 0 Å². The highest BCUT2D eigenvalue weighted by atomic mass is 16.7. The van der Waals surface area contributed by atoms with Crippen LogP contribution in [0.15, 0.2) is 0 Å². The van der Waals surface area contributed by atoms with Gasteiger partial charge < -0.3 is 14.2 Å². The molecule has 1 aromatic carbocycles. The van der Waals surface area contributed by atoms with Crippen LogP contribution in [0, 0.1) is 52.4 Å². The molecule has 0 N–H and O–H groups in total. The van der Waals surface area contributed by atoms with Crippen molar-refractivity contribution in [3.05, 3.63) is 27.8 Å². The summed E-state index contributed by atoms with van der Waals surface area (Å²) in [5.74, 6) is 3.42. The summed E-state index contributed by atoms with van der Waals surface area (Å²) in [6.07, 6.45) is 10.2. The van der Waals surface area contributed by atoms with E-state index in [1.165, 1.54) is 66.3 Å². The number of hydrogen-bond acceptors (Lipinski definition) is 3. The van der Waals surface area contributed by atoms with E-state index >= 15 is 0 Å². The molecule has 0 unspecified atom stereocenters. The molecular weight excluding hydrogens is 360 g/mol. The van der Waals surface area contributed by atoms with Crippen LogP contribution in [-0.2, 0) is 9.47 Å². The summed E-state index contributed by atoms with van der Waals surface area (Å²) >= 11 is 0. The van der Waals surface area contributed by atoms with E-state index in [2.05, 4.69) is 34.6 Å². The molecule has 1 heterocycles. The second-order valence-corrected chi connectivity index (χ2v) is 9.99. The highest BCUT2D eigenvalue weighted by molar-refractivity contribution is 5.53. The summed E-state index contributed by atoms with van der Waals surface area (Å²) in [5.41, 5.74) is 6.84. The van der Waals surface area contributed by atoms with Crippen molar-refractivity contribution in [1.29, 1.82) is 0 Å². The van der Waals surface area contributed by atoms with Crippen LogP contribution < -0.4 is 4.74 Å². The summed E-state index contributed by atoms with van der Waals surface area (Å²) in [4.78, 5) is 0. The maximum atomic E-state index is 6.43. The van der Waals surface area contributed by atoms with Gasteiger partial charge in [0.1, 0.15) is 5.75 Å². The van der Waals surface area contributed by atoms with Crippen LogP contribution in [0.1, 0.15) is 79.2 Å². The van der Waals surface area contributed by atoms with Crippen molar-refractivity contribution in [2.45, 2.75) is 91.8 Å². The lowest BCUT2D eigenvalue weighted by Crippen LogP contribution is -2.37. The highest BCUT2D eigenvalue weighted by Crippen LogP contribution is 2.45. The second-order valence-electron chi connectivity index (χ2n) is 9.99. The molecule has 3 fully saturated rings. The van der Waals surface area contributed by atoms with Gasteiger partial charge in [0.05, 0.1) is 19.8 Å². The third-order valence-electron chi connectivity index (χ3n) is 8.56. The van der Waals surface area contributed by atoms with E-state index in [4.69, 9.17) is 14.2 Å². The predicted molar refractivity (Wildman–Crippen MR) is 118 cm³/mol. The first-order chi connectivity index (χ1) is 13.9. The molecule has 1 aromatic rings. The van der Waals surface area contributed by atoms with E-state index in [1.807, 2.05) is 0 Å². The average Bonchev–Trinajstić information content (AvgIpc) is 3.20. The molecule has 4 rings (SSSR count). The largest absolute Gasteiger partial charge is 0.493 e. The normalized spacial score (nSPS) is 27.5. The molecule has 1 aliphatic heterocycles. The zero-order valence-corrected chi connectivity index (χ0v) is 19.2. The van der Waals surface area contributed by atoms with Crippen molar-refractivity contribution in [3.8, 4) is 5.75 Å². The standard InChI is InChI=1S/C26H40O3/c1-17-18(2)20(4)25(21(5)19(17)3)27-16-22-6-8-23(9-7-22)24-10-12-26(13-11-24)28-14-15-29-26/h22-24H,6-16H2,1-5H3. The zero-order chi connectivity index (χ0) is 20.6. The summed E-state index contributed by atoms with van der Waals surface area (Å²) < 4.78 is 18.3. The highest BCUT2D eigenvalue weighted by Gasteiger charge is 2.42. The van der Waals surface area contributed by atoms with E-state index in [9.17, 15) is 0 Å². The summed E-state index contributed by atoms with van der Waals surface area (Å²) in [7, 11) is 0. The molecule has 162 valence electrons. The number of hydrogen-bond donors (Lipinski definition) is 0. The van der Waals surface area contributed by atoms with E-state index in [-0.39, 0.29) is 5.79 Å². The Balaban J connectivity index is 1.27. The number of rotatable bonds is 4. The Bertz CT molecular complexity index is 685. The topological polar surface area (TPSA) is 27.7 Å². The van der Waals surface area contributed by atoms with Gasteiger partial charge in [0.2, 0.25) is 0 Å². The number of benzene rings is 1. The Morgan fingerprint density at radius 2 is 1.17 bits per heavy atom. The van der Waals surface area contributed by atoms with E-state index < -0.39 is 0 Å². The monoisotopic (exact) mass is 400 g/mol. The fourth-order valence-corrected chi connectivity index (χ4v) is 6.05. The van der Waals surface area contributed by atoms with Gasteiger partial charge >= 0.3 is 0 Å². The summed E-state index contributed by atoms with van der Waals surface area (Å²) in [5, 5.41) is 0. The first-order valence-electron chi connectivity index (χ1n) is 11.9. The van der Waals surface area contributed by atoms with Crippen molar-refractivity contribution in [3.63, 3.8) is 0 Å². The van der Waals surface area contributed by atoms with Gasteiger partial charge in [0.25, 0.3) is 0 Å². The predicted octanol–water partition coefficient (Wildman–Crippen LogP) is 6.35. The van der Waals surface area contributed by atoms with Gasteiger partial charge in [0.15, 0.2) is 5.79 Å².